The molecule has 0 aliphatic carbocycles. The first-order chi connectivity index (χ1) is 13.4. The van der Waals surface area contributed by atoms with E-state index in [1.165, 1.54) is 11.2 Å². The van der Waals surface area contributed by atoms with Crippen LogP contribution in [0.4, 0.5) is 5.82 Å². The third-order valence-electron chi connectivity index (χ3n) is 4.91. The lowest BCUT2D eigenvalue weighted by molar-refractivity contribution is -0.137. The molecule has 3 heterocycles. The smallest absolute Gasteiger partial charge is 0.267 e. The average molecular weight is 373 g/mol. The summed E-state index contributed by atoms with van der Waals surface area (Å²) in [6, 6.07) is 9.33. The van der Waals surface area contributed by atoms with Gasteiger partial charge in [-0.05, 0) is 25.1 Å². The van der Waals surface area contributed by atoms with Crippen LogP contribution in [0, 0.1) is 18.8 Å². The number of nitrogen functional groups attached to an aromatic ring is 1. The fourth-order valence-electron chi connectivity index (χ4n) is 3.29. The van der Waals surface area contributed by atoms with Crippen LogP contribution >= 0.6 is 0 Å². The van der Waals surface area contributed by atoms with Gasteiger partial charge in [0.25, 0.3) is 5.91 Å². The maximum atomic E-state index is 12.1. The van der Waals surface area contributed by atoms with Gasteiger partial charge in [0.2, 0.25) is 5.60 Å². The van der Waals surface area contributed by atoms with Crippen molar-refractivity contribution in [2.45, 2.75) is 18.9 Å². The standard InChI is InChI=1S/C21H19N5O2/c1-13-18-16(19(22)24-12-23-18)11-17(25-13)15-5-3-4-14(10-15)6-7-21(28)8-9-26(2)20(21)27/h3-5,10-12,28H,8-9H2,1-2H3,(H2,22,23,24). The lowest BCUT2D eigenvalue weighted by atomic mass is 10.0. The number of aryl methyl sites for hydroxylation is 1. The number of hydrogen-bond acceptors (Lipinski definition) is 6. The molecule has 7 nitrogen and oxygen atoms in total. The van der Waals surface area contributed by atoms with E-state index in [1.54, 1.807) is 7.05 Å². The van der Waals surface area contributed by atoms with Crippen molar-refractivity contribution in [3.05, 3.63) is 47.9 Å². The third-order valence-corrected chi connectivity index (χ3v) is 4.91. The van der Waals surface area contributed by atoms with Crippen LogP contribution in [0.5, 0.6) is 0 Å². The summed E-state index contributed by atoms with van der Waals surface area (Å²) in [6.45, 7) is 2.37. The van der Waals surface area contributed by atoms with Crippen molar-refractivity contribution in [1.29, 1.82) is 0 Å². The van der Waals surface area contributed by atoms with E-state index in [0.717, 1.165) is 27.9 Å². The van der Waals surface area contributed by atoms with Crippen LogP contribution in [0.25, 0.3) is 22.2 Å². The fraction of sp³-hybridized carbons (Fsp3) is 0.238. The van der Waals surface area contributed by atoms with Crippen LogP contribution in [-0.2, 0) is 4.79 Å². The predicted molar refractivity (Wildman–Crippen MR) is 106 cm³/mol. The van der Waals surface area contributed by atoms with E-state index in [4.69, 9.17) is 5.73 Å². The molecule has 1 atom stereocenters. The minimum Gasteiger partial charge on any atom is -0.383 e. The Kier molecular flexibility index (Phi) is 4.21. The third kappa shape index (κ3) is 3.04. The number of anilines is 1. The minimum absolute atomic E-state index is 0.305. The molecule has 1 fully saturated rings. The number of hydrogen-bond donors (Lipinski definition) is 2. The topological polar surface area (TPSA) is 105 Å². The van der Waals surface area contributed by atoms with Crippen molar-refractivity contribution < 1.29 is 9.90 Å². The van der Waals surface area contributed by atoms with Gasteiger partial charge in [0.05, 0.1) is 16.9 Å². The van der Waals surface area contributed by atoms with Crippen molar-refractivity contribution in [3.63, 3.8) is 0 Å². The van der Waals surface area contributed by atoms with E-state index < -0.39 is 5.60 Å². The lowest BCUT2D eigenvalue weighted by Gasteiger charge is -2.13. The predicted octanol–water partition coefficient (Wildman–Crippen LogP) is 1.53. The van der Waals surface area contributed by atoms with Crippen molar-refractivity contribution in [1.82, 2.24) is 19.9 Å². The number of likely N-dealkylation sites (tertiary alicyclic amines) is 1. The van der Waals surface area contributed by atoms with E-state index in [0.29, 0.717) is 24.3 Å². The molecule has 1 unspecified atom stereocenters. The monoisotopic (exact) mass is 373 g/mol. The molecule has 0 bridgehead atoms. The molecule has 28 heavy (non-hydrogen) atoms. The van der Waals surface area contributed by atoms with Crippen molar-refractivity contribution in [3.8, 4) is 23.1 Å². The Hall–Kier alpha value is -3.50. The number of aliphatic hydroxyl groups is 1. The highest BCUT2D eigenvalue weighted by molar-refractivity contribution is 5.92. The Labute approximate surface area is 162 Å². The number of fused-ring (bicyclic) bond motifs is 1. The molecule has 0 spiro atoms. The number of carbonyl (C=O) groups excluding carboxylic acids is 1. The largest absolute Gasteiger partial charge is 0.383 e. The number of carbonyl (C=O) groups is 1. The van der Waals surface area contributed by atoms with E-state index in [1.807, 2.05) is 37.3 Å². The normalized spacial score (nSPS) is 19.0. The van der Waals surface area contributed by atoms with Crippen molar-refractivity contribution >= 4 is 22.6 Å². The first kappa shape index (κ1) is 17.9. The number of rotatable bonds is 1. The zero-order valence-corrected chi connectivity index (χ0v) is 15.6. The highest BCUT2D eigenvalue weighted by atomic mass is 16.3. The summed E-state index contributed by atoms with van der Waals surface area (Å²) in [6.07, 6.45) is 1.73. The average Bonchev–Trinajstić information content (AvgIpc) is 2.95. The van der Waals surface area contributed by atoms with Crippen LogP contribution in [0.2, 0.25) is 0 Å². The van der Waals surface area contributed by atoms with E-state index in [-0.39, 0.29) is 5.91 Å². The molecule has 3 N–H and O–H groups in total. The maximum absolute atomic E-state index is 12.1. The van der Waals surface area contributed by atoms with E-state index in [2.05, 4.69) is 26.8 Å². The Morgan fingerprint density at radius 3 is 2.86 bits per heavy atom. The zero-order chi connectivity index (χ0) is 19.9. The number of aromatic nitrogens is 3. The number of pyridine rings is 1. The molecule has 7 heteroatoms. The van der Waals surface area contributed by atoms with Gasteiger partial charge < -0.3 is 15.7 Å². The number of likely N-dealkylation sites (N-methyl/N-ethyl adjacent to an activating group) is 1. The van der Waals surface area contributed by atoms with Crippen molar-refractivity contribution in [2.75, 3.05) is 19.3 Å². The number of benzene rings is 1. The molecule has 3 aromatic rings. The van der Waals surface area contributed by atoms with Gasteiger partial charge in [-0.1, -0.05) is 24.0 Å². The first-order valence-electron chi connectivity index (χ1n) is 8.87. The summed E-state index contributed by atoms with van der Waals surface area (Å²) >= 11 is 0. The molecule has 1 aliphatic heterocycles. The van der Waals surface area contributed by atoms with Gasteiger partial charge in [-0.3, -0.25) is 9.78 Å². The molecule has 1 aliphatic rings. The lowest BCUT2D eigenvalue weighted by Crippen LogP contribution is -2.37. The summed E-state index contributed by atoms with van der Waals surface area (Å²) in [5.74, 6) is 5.70. The number of nitrogens with zero attached hydrogens (tertiary/aromatic N) is 4. The first-order valence-corrected chi connectivity index (χ1v) is 8.87. The summed E-state index contributed by atoms with van der Waals surface area (Å²) < 4.78 is 0. The molecule has 4 rings (SSSR count). The summed E-state index contributed by atoms with van der Waals surface area (Å²) in [7, 11) is 1.66. The van der Waals surface area contributed by atoms with Crippen LogP contribution in [0.15, 0.2) is 36.7 Å². The van der Waals surface area contributed by atoms with Gasteiger partial charge in [-0.2, -0.15) is 0 Å². The Morgan fingerprint density at radius 2 is 2.11 bits per heavy atom. The quantitative estimate of drug-likeness (QED) is 0.627. The van der Waals surface area contributed by atoms with Gasteiger partial charge in [0, 0.05) is 36.5 Å². The molecule has 0 radical (unpaired) electrons. The summed E-state index contributed by atoms with van der Waals surface area (Å²) in [5, 5.41) is 11.2. The second-order valence-electron chi connectivity index (χ2n) is 6.92. The van der Waals surface area contributed by atoms with Gasteiger partial charge >= 0.3 is 0 Å². The number of nitrogens with two attached hydrogens (primary N) is 1. The van der Waals surface area contributed by atoms with Crippen LogP contribution in [-0.4, -0.2) is 50.1 Å². The van der Waals surface area contributed by atoms with Gasteiger partial charge in [-0.25, -0.2) is 9.97 Å². The number of amides is 1. The highest BCUT2D eigenvalue weighted by Gasteiger charge is 2.42. The Bertz CT molecular complexity index is 1160. The molecule has 1 aromatic carbocycles. The minimum atomic E-state index is -1.62. The van der Waals surface area contributed by atoms with Crippen LogP contribution in [0.1, 0.15) is 17.7 Å². The SMILES string of the molecule is Cc1nc(-c2cccc(C#CC3(O)CCN(C)C3=O)c2)cc2c(N)ncnc12. The van der Waals surface area contributed by atoms with Crippen LogP contribution < -0.4 is 5.73 Å². The molecule has 0 saturated carbocycles. The highest BCUT2D eigenvalue weighted by Crippen LogP contribution is 2.26. The fourth-order valence-corrected chi connectivity index (χ4v) is 3.29. The molecule has 1 amide bonds. The van der Waals surface area contributed by atoms with E-state index in [9.17, 15) is 9.90 Å². The maximum Gasteiger partial charge on any atom is 0.267 e. The molecular weight excluding hydrogens is 354 g/mol. The van der Waals surface area contributed by atoms with Crippen molar-refractivity contribution in [2.24, 2.45) is 0 Å². The van der Waals surface area contributed by atoms with Gasteiger partial charge in [-0.15, -0.1) is 0 Å². The zero-order valence-electron chi connectivity index (χ0n) is 15.6. The second-order valence-corrected chi connectivity index (χ2v) is 6.92. The second kappa shape index (κ2) is 6.59. The molecule has 140 valence electrons. The van der Waals surface area contributed by atoms with Crippen LogP contribution in [0.3, 0.4) is 0 Å². The molecule has 2 aromatic heterocycles. The summed E-state index contributed by atoms with van der Waals surface area (Å²) in [5.41, 5.74) is 8.12. The summed E-state index contributed by atoms with van der Waals surface area (Å²) in [4.78, 5) is 26.5. The van der Waals surface area contributed by atoms with Gasteiger partial charge in [0.1, 0.15) is 12.1 Å². The van der Waals surface area contributed by atoms with Gasteiger partial charge in [0.15, 0.2) is 0 Å². The Morgan fingerprint density at radius 1 is 1.29 bits per heavy atom. The van der Waals surface area contributed by atoms with E-state index >= 15 is 0 Å². The molecular formula is C21H19N5O2. The molecule has 1 saturated heterocycles. The Balaban J connectivity index is 1.73.